The molecule has 2 atom stereocenters. The minimum atomic E-state index is -0.882. The van der Waals surface area contributed by atoms with Crippen LogP contribution in [0.1, 0.15) is 43.5 Å². The van der Waals surface area contributed by atoms with Crippen molar-refractivity contribution in [1.29, 1.82) is 0 Å². The van der Waals surface area contributed by atoms with Gasteiger partial charge in [-0.1, -0.05) is 12.1 Å². The van der Waals surface area contributed by atoms with Crippen LogP contribution in [0.2, 0.25) is 0 Å². The first-order valence-corrected chi connectivity index (χ1v) is 9.07. The molecule has 1 amide bonds. The maximum Gasteiger partial charge on any atom is 0.316 e. The van der Waals surface area contributed by atoms with Gasteiger partial charge < -0.3 is 14.7 Å². The molecule has 1 fully saturated rings. The number of amides is 1. The molecule has 0 aliphatic carbocycles. The van der Waals surface area contributed by atoms with Crippen molar-refractivity contribution < 1.29 is 19.4 Å². The highest BCUT2D eigenvalue weighted by atomic mass is 32.2. The Morgan fingerprint density at radius 3 is 2.67 bits per heavy atom. The number of likely N-dealkylation sites (tertiary alicyclic amines) is 1. The van der Waals surface area contributed by atoms with E-state index in [-0.39, 0.29) is 11.5 Å². The number of carboxylic acids is 1. The molecule has 0 saturated carbocycles. The Labute approximate surface area is 147 Å². The number of thioether (sulfide) groups is 1. The molecule has 1 heterocycles. The van der Waals surface area contributed by atoms with Crippen LogP contribution in [0, 0.1) is 0 Å². The molecular formula is C18H25NO4S. The fourth-order valence-electron chi connectivity index (χ4n) is 2.82. The van der Waals surface area contributed by atoms with Crippen LogP contribution in [0.25, 0.3) is 0 Å². The van der Waals surface area contributed by atoms with Gasteiger partial charge in [-0.25, -0.2) is 0 Å². The molecule has 2 unspecified atom stereocenters. The predicted octanol–water partition coefficient (Wildman–Crippen LogP) is 3.28. The third kappa shape index (κ3) is 4.51. The Bertz CT molecular complexity index is 606. The van der Waals surface area contributed by atoms with E-state index in [2.05, 4.69) is 6.92 Å². The predicted molar refractivity (Wildman–Crippen MR) is 94.6 cm³/mol. The van der Waals surface area contributed by atoms with E-state index in [1.54, 1.807) is 20.1 Å². The molecule has 1 aromatic carbocycles. The number of carbonyl (C=O) groups excluding carboxylic acids is 1. The molecule has 1 aliphatic heterocycles. The van der Waals surface area contributed by atoms with E-state index in [1.165, 1.54) is 11.8 Å². The molecule has 2 rings (SSSR count). The zero-order valence-corrected chi connectivity index (χ0v) is 15.3. The number of aliphatic carboxylic acids is 1. The van der Waals surface area contributed by atoms with Gasteiger partial charge in [0.15, 0.2) is 0 Å². The first kappa shape index (κ1) is 18.8. The maximum atomic E-state index is 12.9. The number of benzene rings is 1. The number of carboxylic acid groups (broad SMARTS) is 1. The lowest BCUT2D eigenvalue weighted by Gasteiger charge is -2.27. The summed E-state index contributed by atoms with van der Waals surface area (Å²) in [5.41, 5.74) is 0.401. The second-order valence-corrected chi connectivity index (χ2v) is 7.78. The van der Waals surface area contributed by atoms with Crippen molar-refractivity contribution in [3.05, 3.63) is 29.8 Å². The van der Waals surface area contributed by atoms with E-state index in [0.717, 1.165) is 24.2 Å². The average molecular weight is 351 g/mol. The highest BCUT2D eigenvalue weighted by Gasteiger charge is 2.30. The quantitative estimate of drug-likeness (QED) is 0.825. The molecule has 5 nitrogen and oxygen atoms in total. The van der Waals surface area contributed by atoms with Gasteiger partial charge in [-0.15, -0.1) is 11.8 Å². The smallest absolute Gasteiger partial charge is 0.316 e. The summed E-state index contributed by atoms with van der Waals surface area (Å²) in [6.45, 7) is 5.06. The lowest BCUT2D eigenvalue weighted by Crippen LogP contribution is -2.34. The Morgan fingerprint density at radius 2 is 2.00 bits per heavy atom. The van der Waals surface area contributed by atoms with Crippen LogP contribution in [-0.4, -0.2) is 52.9 Å². The molecule has 0 aromatic heterocycles. The number of rotatable bonds is 5. The number of hydrogen-bond acceptors (Lipinski definition) is 4. The van der Waals surface area contributed by atoms with Gasteiger partial charge in [0.05, 0.1) is 11.2 Å². The van der Waals surface area contributed by atoms with E-state index in [1.807, 2.05) is 23.1 Å². The monoisotopic (exact) mass is 351 g/mol. The molecule has 24 heavy (non-hydrogen) atoms. The lowest BCUT2D eigenvalue weighted by atomic mass is 9.97. The van der Waals surface area contributed by atoms with E-state index in [4.69, 9.17) is 9.84 Å². The van der Waals surface area contributed by atoms with Crippen LogP contribution in [0.15, 0.2) is 29.2 Å². The summed E-state index contributed by atoms with van der Waals surface area (Å²) < 4.78 is 5.59. The molecule has 1 aromatic rings. The summed E-state index contributed by atoms with van der Waals surface area (Å²) in [4.78, 5) is 26.6. The SMILES string of the molecule is COC1(C)CCCN(C(=O)c2ccccc2SC(C)C(=O)O)CC1. The van der Waals surface area contributed by atoms with Crippen LogP contribution >= 0.6 is 11.8 Å². The average Bonchev–Trinajstić information content (AvgIpc) is 2.77. The van der Waals surface area contributed by atoms with Gasteiger partial charge in [-0.05, 0) is 45.2 Å². The molecule has 132 valence electrons. The molecule has 6 heteroatoms. The number of methoxy groups -OCH3 is 1. The normalized spacial score (nSPS) is 22.7. The standard InChI is InChI=1S/C18H25NO4S/c1-13(17(21)22)24-15-8-5-4-7-14(15)16(20)19-11-6-9-18(2,23-3)10-12-19/h4-5,7-8,13H,6,9-12H2,1-3H3,(H,21,22). The van der Waals surface area contributed by atoms with Crippen molar-refractivity contribution in [1.82, 2.24) is 4.90 Å². The number of hydrogen-bond donors (Lipinski definition) is 1. The zero-order valence-electron chi connectivity index (χ0n) is 14.4. The Morgan fingerprint density at radius 1 is 1.29 bits per heavy atom. The number of carbonyl (C=O) groups is 2. The minimum Gasteiger partial charge on any atom is -0.480 e. The van der Waals surface area contributed by atoms with Crippen molar-refractivity contribution in [3.8, 4) is 0 Å². The first-order valence-electron chi connectivity index (χ1n) is 8.19. The number of ether oxygens (including phenoxy) is 1. The summed E-state index contributed by atoms with van der Waals surface area (Å²) in [7, 11) is 1.72. The van der Waals surface area contributed by atoms with Crippen LogP contribution in [0.5, 0.6) is 0 Å². The van der Waals surface area contributed by atoms with Gasteiger partial charge in [0, 0.05) is 25.1 Å². The summed E-state index contributed by atoms with van der Waals surface area (Å²) in [6, 6.07) is 7.24. The van der Waals surface area contributed by atoms with Crippen molar-refractivity contribution >= 4 is 23.6 Å². The third-order valence-electron chi connectivity index (χ3n) is 4.59. The Kier molecular flexibility index (Phi) is 6.29. The number of nitrogens with zero attached hydrogens (tertiary/aromatic N) is 1. The first-order chi connectivity index (χ1) is 11.4. The van der Waals surface area contributed by atoms with E-state index in [9.17, 15) is 9.59 Å². The van der Waals surface area contributed by atoms with Gasteiger partial charge in [-0.3, -0.25) is 9.59 Å². The van der Waals surface area contributed by atoms with Crippen LogP contribution in [0.4, 0.5) is 0 Å². The summed E-state index contributed by atoms with van der Waals surface area (Å²) in [6.07, 6.45) is 2.63. The third-order valence-corrected chi connectivity index (χ3v) is 5.76. The Balaban J connectivity index is 2.16. The van der Waals surface area contributed by atoms with Gasteiger partial charge in [0.2, 0.25) is 0 Å². The fraction of sp³-hybridized carbons (Fsp3) is 0.556. The van der Waals surface area contributed by atoms with E-state index < -0.39 is 11.2 Å². The highest BCUT2D eigenvalue weighted by molar-refractivity contribution is 8.00. The molecule has 0 bridgehead atoms. The molecule has 1 N–H and O–H groups in total. The Hall–Kier alpha value is -1.53. The summed E-state index contributed by atoms with van der Waals surface area (Å²) in [5, 5.41) is 8.52. The van der Waals surface area contributed by atoms with E-state index >= 15 is 0 Å². The molecular weight excluding hydrogens is 326 g/mol. The fourth-order valence-corrected chi connectivity index (χ4v) is 3.74. The van der Waals surface area contributed by atoms with Crippen molar-refractivity contribution in [2.24, 2.45) is 0 Å². The second-order valence-electron chi connectivity index (χ2n) is 6.39. The zero-order chi connectivity index (χ0) is 17.7. The van der Waals surface area contributed by atoms with Gasteiger partial charge in [0.1, 0.15) is 5.25 Å². The van der Waals surface area contributed by atoms with E-state index in [0.29, 0.717) is 18.7 Å². The highest BCUT2D eigenvalue weighted by Crippen LogP contribution is 2.30. The van der Waals surface area contributed by atoms with Gasteiger partial charge >= 0.3 is 5.97 Å². The van der Waals surface area contributed by atoms with Crippen LogP contribution in [-0.2, 0) is 9.53 Å². The summed E-state index contributed by atoms with van der Waals surface area (Å²) in [5.74, 6) is -0.913. The van der Waals surface area contributed by atoms with Crippen LogP contribution in [0.3, 0.4) is 0 Å². The maximum absolute atomic E-state index is 12.9. The van der Waals surface area contributed by atoms with Crippen molar-refractivity contribution in [3.63, 3.8) is 0 Å². The van der Waals surface area contributed by atoms with Crippen molar-refractivity contribution in [2.75, 3.05) is 20.2 Å². The van der Waals surface area contributed by atoms with Crippen LogP contribution < -0.4 is 0 Å². The van der Waals surface area contributed by atoms with Gasteiger partial charge in [-0.2, -0.15) is 0 Å². The molecule has 0 radical (unpaired) electrons. The minimum absolute atomic E-state index is 0.0314. The topological polar surface area (TPSA) is 66.8 Å². The lowest BCUT2D eigenvalue weighted by molar-refractivity contribution is -0.136. The molecule has 0 spiro atoms. The molecule has 1 saturated heterocycles. The largest absolute Gasteiger partial charge is 0.480 e. The molecule has 1 aliphatic rings. The van der Waals surface area contributed by atoms with Gasteiger partial charge in [0.25, 0.3) is 5.91 Å². The second kappa shape index (κ2) is 8.03. The van der Waals surface area contributed by atoms with Crippen molar-refractivity contribution in [2.45, 2.75) is 48.9 Å². The summed E-state index contributed by atoms with van der Waals surface area (Å²) >= 11 is 1.21.